The van der Waals surface area contributed by atoms with Gasteiger partial charge in [-0.3, -0.25) is 4.68 Å². The Labute approximate surface area is 130 Å². The summed E-state index contributed by atoms with van der Waals surface area (Å²) in [6.45, 7) is 11.3. The van der Waals surface area contributed by atoms with Gasteiger partial charge in [0.15, 0.2) is 5.16 Å². The highest BCUT2D eigenvalue weighted by atomic mass is 32.2. The van der Waals surface area contributed by atoms with Crippen LogP contribution in [0.2, 0.25) is 0 Å². The number of hydrogen-bond donors (Lipinski definition) is 1. The van der Waals surface area contributed by atoms with Gasteiger partial charge in [-0.1, -0.05) is 0 Å². The number of nitrogens with zero attached hydrogens (tertiary/aromatic N) is 4. The summed E-state index contributed by atoms with van der Waals surface area (Å²) in [5.74, 6) is 0. The molecule has 0 radical (unpaired) electrons. The smallest absolute Gasteiger partial charge is 0.193 e. The highest BCUT2D eigenvalue weighted by molar-refractivity contribution is 7.99. The van der Waals surface area contributed by atoms with E-state index in [0.717, 1.165) is 28.0 Å². The van der Waals surface area contributed by atoms with E-state index >= 15 is 0 Å². The number of aromatic nitrogens is 4. The Hall–Kier alpha value is -1.40. The first-order chi connectivity index (χ1) is 9.76. The molecule has 0 bridgehead atoms. The fourth-order valence-electron chi connectivity index (χ4n) is 1.89. The van der Waals surface area contributed by atoms with E-state index in [9.17, 15) is 0 Å². The van der Waals surface area contributed by atoms with Gasteiger partial charge in [-0.25, -0.2) is 9.97 Å². The lowest BCUT2D eigenvalue weighted by Gasteiger charge is -2.20. The molecule has 0 fully saturated rings. The topological polar surface area (TPSA) is 55.6 Å². The van der Waals surface area contributed by atoms with Gasteiger partial charge in [0.25, 0.3) is 0 Å². The van der Waals surface area contributed by atoms with E-state index < -0.39 is 0 Å². The van der Waals surface area contributed by atoms with Crippen LogP contribution in [0.4, 0.5) is 0 Å². The van der Waals surface area contributed by atoms with Crippen LogP contribution in [0.1, 0.15) is 37.6 Å². The van der Waals surface area contributed by atoms with E-state index in [0.29, 0.717) is 0 Å². The van der Waals surface area contributed by atoms with Crippen molar-refractivity contribution in [3.63, 3.8) is 0 Å². The number of rotatable bonds is 4. The Morgan fingerprint density at radius 2 is 1.81 bits per heavy atom. The molecule has 0 atom stereocenters. The fourth-order valence-corrected chi connectivity index (χ4v) is 2.79. The van der Waals surface area contributed by atoms with Gasteiger partial charge in [0, 0.05) is 37.1 Å². The second-order valence-electron chi connectivity index (χ2n) is 6.24. The first-order valence-electron chi connectivity index (χ1n) is 7.00. The van der Waals surface area contributed by atoms with E-state index in [1.165, 1.54) is 5.56 Å². The van der Waals surface area contributed by atoms with Crippen molar-refractivity contribution in [2.75, 3.05) is 0 Å². The third-order valence-corrected chi connectivity index (χ3v) is 4.13. The van der Waals surface area contributed by atoms with Crippen molar-refractivity contribution in [2.24, 2.45) is 7.05 Å². The van der Waals surface area contributed by atoms with Gasteiger partial charge in [0.05, 0.1) is 5.69 Å². The summed E-state index contributed by atoms with van der Waals surface area (Å²) in [4.78, 5) is 8.73. The van der Waals surface area contributed by atoms with Crippen LogP contribution in [0, 0.1) is 13.8 Å². The average Bonchev–Trinajstić information content (AvgIpc) is 2.64. The maximum Gasteiger partial charge on any atom is 0.193 e. The molecular weight excluding hydrogens is 282 g/mol. The van der Waals surface area contributed by atoms with Crippen LogP contribution in [0.25, 0.3) is 0 Å². The zero-order valence-electron chi connectivity index (χ0n) is 13.6. The molecule has 0 saturated carbocycles. The third kappa shape index (κ3) is 4.28. The number of hydrogen-bond acceptors (Lipinski definition) is 5. The zero-order valence-corrected chi connectivity index (χ0v) is 14.4. The predicted molar refractivity (Wildman–Crippen MR) is 85.4 cm³/mol. The maximum absolute atomic E-state index is 4.53. The summed E-state index contributed by atoms with van der Waals surface area (Å²) in [5.41, 5.74) is 3.39. The van der Waals surface area contributed by atoms with Crippen LogP contribution >= 0.6 is 11.8 Å². The summed E-state index contributed by atoms with van der Waals surface area (Å²) in [6.07, 6.45) is 3.68. The van der Waals surface area contributed by atoms with Crippen molar-refractivity contribution in [3.05, 3.63) is 29.2 Å². The third-order valence-electron chi connectivity index (χ3n) is 3.03. The van der Waals surface area contributed by atoms with E-state index in [1.807, 2.05) is 38.0 Å². The summed E-state index contributed by atoms with van der Waals surface area (Å²) >= 11 is 1.56. The lowest BCUT2D eigenvalue weighted by molar-refractivity contribution is 0.421. The molecule has 0 aromatic carbocycles. The second-order valence-corrected chi connectivity index (χ2v) is 7.20. The molecule has 5 nitrogen and oxygen atoms in total. The molecule has 0 aliphatic carbocycles. The van der Waals surface area contributed by atoms with Crippen LogP contribution < -0.4 is 5.32 Å². The van der Waals surface area contributed by atoms with Crippen LogP contribution in [0.3, 0.4) is 0 Å². The maximum atomic E-state index is 4.53. The highest BCUT2D eigenvalue weighted by Gasteiger charge is 2.18. The van der Waals surface area contributed by atoms with Gasteiger partial charge in [-0.05, 0) is 51.9 Å². The molecule has 0 aliphatic rings. The van der Waals surface area contributed by atoms with Crippen LogP contribution in [0.15, 0.2) is 22.6 Å². The van der Waals surface area contributed by atoms with Gasteiger partial charge in [-0.15, -0.1) is 0 Å². The summed E-state index contributed by atoms with van der Waals surface area (Å²) in [5, 5.41) is 9.89. The molecule has 21 heavy (non-hydrogen) atoms. The average molecular weight is 305 g/mol. The predicted octanol–water partition coefficient (Wildman–Crippen LogP) is 2.87. The molecular formula is C15H23N5S. The molecule has 114 valence electrons. The van der Waals surface area contributed by atoms with Crippen molar-refractivity contribution >= 4 is 11.8 Å². The summed E-state index contributed by atoms with van der Waals surface area (Å²) < 4.78 is 1.91. The lowest BCUT2D eigenvalue weighted by Crippen LogP contribution is -2.35. The van der Waals surface area contributed by atoms with E-state index in [2.05, 4.69) is 41.2 Å². The van der Waals surface area contributed by atoms with E-state index in [-0.39, 0.29) is 5.54 Å². The summed E-state index contributed by atoms with van der Waals surface area (Å²) in [7, 11) is 1.96. The minimum absolute atomic E-state index is 0.0740. The monoisotopic (exact) mass is 305 g/mol. The Kier molecular flexibility index (Phi) is 4.68. The molecule has 0 aliphatic heterocycles. The van der Waals surface area contributed by atoms with Crippen molar-refractivity contribution in [2.45, 2.75) is 56.9 Å². The summed E-state index contributed by atoms with van der Waals surface area (Å²) in [6, 6.07) is 0. The first kappa shape index (κ1) is 16.0. The molecule has 2 rings (SSSR count). The van der Waals surface area contributed by atoms with Gasteiger partial charge >= 0.3 is 0 Å². The largest absolute Gasteiger partial charge is 0.308 e. The van der Waals surface area contributed by atoms with Crippen LogP contribution in [-0.2, 0) is 13.6 Å². The minimum Gasteiger partial charge on any atom is -0.308 e. The molecule has 2 aromatic rings. The number of nitrogens with one attached hydrogen (secondary N) is 1. The van der Waals surface area contributed by atoms with Gasteiger partial charge in [0.2, 0.25) is 0 Å². The highest BCUT2D eigenvalue weighted by Crippen LogP contribution is 2.29. The Morgan fingerprint density at radius 1 is 1.19 bits per heavy atom. The Bertz CT molecular complexity index is 610. The molecule has 0 spiro atoms. The minimum atomic E-state index is 0.0740. The van der Waals surface area contributed by atoms with Crippen molar-refractivity contribution in [1.82, 2.24) is 25.1 Å². The standard InChI is InChI=1S/C15H23N5S/c1-10-7-16-14(17-8-10)21-13-12(9-18-15(3,4)5)11(2)19-20(13)6/h7-8,18H,9H2,1-6H3. The van der Waals surface area contributed by atoms with Gasteiger partial charge in [0.1, 0.15) is 5.03 Å². The Balaban J connectivity index is 2.24. The van der Waals surface area contributed by atoms with Crippen molar-refractivity contribution in [3.8, 4) is 0 Å². The SMILES string of the molecule is Cc1cnc(Sc2c(CNC(C)(C)C)c(C)nn2C)nc1. The molecule has 0 unspecified atom stereocenters. The quantitative estimate of drug-likeness (QED) is 0.880. The van der Waals surface area contributed by atoms with Crippen molar-refractivity contribution in [1.29, 1.82) is 0 Å². The zero-order chi connectivity index (χ0) is 15.6. The number of aryl methyl sites for hydroxylation is 3. The van der Waals surface area contributed by atoms with E-state index in [1.54, 1.807) is 11.8 Å². The molecule has 2 aromatic heterocycles. The molecule has 2 heterocycles. The molecule has 1 N–H and O–H groups in total. The van der Waals surface area contributed by atoms with Crippen molar-refractivity contribution < 1.29 is 0 Å². The van der Waals surface area contributed by atoms with Crippen LogP contribution in [0.5, 0.6) is 0 Å². The van der Waals surface area contributed by atoms with Gasteiger partial charge in [-0.2, -0.15) is 5.10 Å². The van der Waals surface area contributed by atoms with E-state index in [4.69, 9.17) is 0 Å². The normalized spacial score (nSPS) is 11.9. The molecule has 6 heteroatoms. The second kappa shape index (κ2) is 6.15. The lowest BCUT2D eigenvalue weighted by atomic mass is 10.1. The fraction of sp³-hybridized carbons (Fsp3) is 0.533. The molecule has 0 amide bonds. The molecule has 0 saturated heterocycles. The first-order valence-corrected chi connectivity index (χ1v) is 7.82. The Morgan fingerprint density at radius 3 is 2.38 bits per heavy atom. The van der Waals surface area contributed by atoms with Crippen LogP contribution in [-0.4, -0.2) is 25.3 Å². The van der Waals surface area contributed by atoms with Gasteiger partial charge < -0.3 is 5.32 Å².